The second-order valence-corrected chi connectivity index (χ2v) is 5.14. The van der Waals surface area contributed by atoms with E-state index < -0.39 is 0 Å². The van der Waals surface area contributed by atoms with E-state index in [9.17, 15) is 9.18 Å². The van der Waals surface area contributed by atoms with Crippen molar-refractivity contribution in [2.45, 2.75) is 12.8 Å². The van der Waals surface area contributed by atoms with Gasteiger partial charge in [0.05, 0.1) is 0 Å². The Kier molecular flexibility index (Phi) is 4.99. The summed E-state index contributed by atoms with van der Waals surface area (Å²) < 4.78 is 13.0. The first-order chi connectivity index (χ1) is 9.54. The fourth-order valence-electron chi connectivity index (χ4n) is 1.76. The number of hydrogen-bond acceptors (Lipinski definition) is 1. The number of anilines is 1. The largest absolute Gasteiger partial charge is 0.326 e. The molecule has 2 aromatic rings. The van der Waals surface area contributed by atoms with Crippen LogP contribution in [0.15, 0.2) is 42.5 Å². The molecule has 0 aliphatic rings. The summed E-state index contributed by atoms with van der Waals surface area (Å²) in [5.74, 6) is -0.579. The molecule has 20 heavy (non-hydrogen) atoms. The van der Waals surface area contributed by atoms with Gasteiger partial charge in [0, 0.05) is 22.2 Å². The lowest BCUT2D eigenvalue weighted by Crippen LogP contribution is -2.12. The van der Waals surface area contributed by atoms with Crippen LogP contribution in [-0.4, -0.2) is 5.91 Å². The van der Waals surface area contributed by atoms with Gasteiger partial charge in [0.2, 0.25) is 5.91 Å². The molecule has 0 radical (unpaired) electrons. The van der Waals surface area contributed by atoms with E-state index in [2.05, 4.69) is 5.32 Å². The Bertz CT molecular complexity index is 631. The predicted octanol–water partition coefficient (Wildman–Crippen LogP) is 4.70. The zero-order valence-electron chi connectivity index (χ0n) is 10.5. The van der Waals surface area contributed by atoms with Crippen molar-refractivity contribution in [2.24, 2.45) is 0 Å². The first-order valence-electron chi connectivity index (χ1n) is 6.04. The molecule has 0 saturated carbocycles. The molecule has 0 aliphatic carbocycles. The van der Waals surface area contributed by atoms with E-state index >= 15 is 0 Å². The number of carbonyl (C=O) groups excluding carboxylic acids is 1. The Balaban J connectivity index is 1.92. The lowest BCUT2D eigenvalue weighted by Gasteiger charge is -2.07. The van der Waals surface area contributed by atoms with Crippen molar-refractivity contribution in [2.75, 3.05) is 5.32 Å². The third-order valence-corrected chi connectivity index (χ3v) is 3.33. The molecule has 0 spiro atoms. The van der Waals surface area contributed by atoms with Gasteiger partial charge in [-0.15, -0.1) is 0 Å². The standard InChI is InChI=1S/C15H12Cl2FNO/c16-11-6-4-10(14(17)8-11)5-7-15(20)19-13-3-1-2-12(18)9-13/h1-4,6,8-9H,5,7H2,(H,19,20). The van der Waals surface area contributed by atoms with Crippen LogP contribution in [0.25, 0.3) is 0 Å². The highest BCUT2D eigenvalue weighted by molar-refractivity contribution is 6.35. The zero-order valence-corrected chi connectivity index (χ0v) is 12.0. The van der Waals surface area contributed by atoms with Gasteiger partial charge < -0.3 is 5.32 Å². The van der Waals surface area contributed by atoms with Crippen LogP contribution >= 0.6 is 23.2 Å². The van der Waals surface area contributed by atoms with Crippen LogP contribution in [-0.2, 0) is 11.2 Å². The molecule has 0 bridgehead atoms. The van der Waals surface area contributed by atoms with Crippen LogP contribution in [0.4, 0.5) is 10.1 Å². The van der Waals surface area contributed by atoms with Gasteiger partial charge in [-0.25, -0.2) is 4.39 Å². The fraction of sp³-hybridized carbons (Fsp3) is 0.133. The highest BCUT2D eigenvalue weighted by Gasteiger charge is 2.06. The summed E-state index contributed by atoms with van der Waals surface area (Å²) in [6.45, 7) is 0. The average Bonchev–Trinajstić information content (AvgIpc) is 2.37. The van der Waals surface area contributed by atoms with Crippen molar-refractivity contribution in [1.29, 1.82) is 0 Å². The number of rotatable bonds is 4. The summed E-state index contributed by atoms with van der Waals surface area (Å²) in [5.41, 5.74) is 1.29. The summed E-state index contributed by atoms with van der Waals surface area (Å²) in [4.78, 5) is 11.8. The van der Waals surface area contributed by atoms with Gasteiger partial charge >= 0.3 is 0 Å². The maximum atomic E-state index is 13.0. The van der Waals surface area contributed by atoms with E-state index in [0.717, 1.165) is 5.56 Å². The molecule has 0 unspecified atom stereocenters. The number of nitrogens with one attached hydrogen (secondary N) is 1. The smallest absolute Gasteiger partial charge is 0.224 e. The van der Waals surface area contributed by atoms with E-state index in [-0.39, 0.29) is 18.1 Å². The molecule has 0 heterocycles. The van der Waals surface area contributed by atoms with Crippen molar-refractivity contribution < 1.29 is 9.18 Å². The number of halogens is 3. The molecule has 1 N–H and O–H groups in total. The highest BCUT2D eigenvalue weighted by atomic mass is 35.5. The third-order valence-electron chi connectivity index (χ3n) is 2.74. The molecule has 5 heteroatoms. The minimum Gasteiger partial charge on any atom is -0.326 e. The molecule has 2 rings (SSSR count). The summed E-state index contributed by atoms with van der Waals surface area (Å²) in [5, 5.41) is 3.73. The summed E-state index contributed by atoms with van der Waals surface area (Å²) in [6, 6.07) is 10.9. The molecule has 0 aliphatic heterocycles. The fourth-order valence-corrected chi connectivity index (χ4v) is 2.27. The van der Waals surface area contributed by atoms with Gasteiger partial charge in [-0.2, -0.15) is 0 Å². The first-order valence-corrected chi connectivity index (χ1v) is 6.79. The molecule has 0 atom stereocenters. The Labute approximate surface area is 126 Å². The molecular weight excluding hydrogens is 300 g/mol. The van der Waals surface area contributed by atoms with Crippen LogP contribution in [0.5, 0.6) is 0 Å². The van der Waals surface area contributed by atoms with Gasteiger partial charge in [0.15, 0.2) is 0 Å². The Morgan fingerprint density at radius 1 is 1.15 bits per heavy atom. The molecule has 0 saturated heterocycles. The topological polar surface area (TPSA) is 29.1 Å². The highest BCUT2D eigenvalue weighted by Crippen LogP contribution is 2.22. The number of benzene rings is 2. The van der Waals surface area contributed by atoms with Crippen molar-refractivity contribution in [3.8, 4) is 0 Å². The van der Waals surface area contributed by atoms with Gasteiger partial charge in [-0.1, -0.05) is 35.3 Å². The second-order valence-electron chi connectivity index (χ2n) is 4.29. The van der Waals surface area contributed by atoms with E-state index in [1.807, 2.05) is 0 Å². The zero-order chi connectivity index (χ0) is 14.5. The lowest BCUT2D eigenvalue weighted by atomic mass is 10.1. The van der Waals surface area contributed by atoms with Crippen LogP contribution in [0.1, 0.15) is 12.0 Å². The quantitative estimate of drug-likeness (QED) is 0.871. The van der Waals surface area contributed by atoms with E-state index in [1.54, 1.807) is 30.3 Å². The Hall–Kier alpha value is -1.58. The van der Waals surface area contributed by atoms with Crippen LogP contribution < -0.4 is 5.32 Å². The molecular formula is C15H12Cl2FNO. The van der Waals surface area contributed by atoms with Crippen LogP contribution in [0.2, 0.25) is 10.0 Å². The van der Waals surface area contributed by atoms with Crippen LogP contribution in [0.3, 0.4) is 0 Å². The van der Waals surface area contributed by atoms with Gasteiger partial charge in [0.1, 0.15) is 5.82 Å². The summed E-state index contributed by atoms with van der Waals surface area (Å²) >= 11 is 11.8. The second kappa shape index (κ2) is 6.73. The minimum absolute atomic E-state index is 0.193. The Morgan fingerprint density at radius 2 is 1.95 bits per heavy atom. The Morgan fingerprint density at radius 3 is 2.65 bits per heavy atom. The maximum Gasteiger partial charge on any atom is 0.224 e. The van der Waals surface area contributed by atoms with E-state index in [0.29, 0.717) is 22.2 Å². The van der Waals surface area contributed by atoms with Gasteiger partial charge in [-0.05, 0) is 42.3 Å². The predicted molar refractivity (Wildman–Crippen MR) is 79.8 cm³/mol. The SMILES string of the molecule is O=C(CCc1ccc(Cl)cc1Cl)Nc1cccc(F)c1. The number of carbonyl (C=O) groups is 1. The van der Waals surface area contributed by atoms with Crippen molar-refractivity contribution in [3.63, 3.8) is 0 Å². The van der Waals surface area contributed by atoms with Crippen molar-refractivity contribution >= 4 is 34.8 Å². The van der Waals surface area contributed by atoms with Gasteiger partial charge in [-0.3, -0.25) is 4.79 Å². The number of aryl methyl sites for hydroxylation is 1. The van der Waals surface area contributed by atoms with Gasteiger partial charge in [0.25, 0.3) is 0 Å². The van der Waals surface area contributed by atoms with E-state index in [1.165, 1.54) is 12.1 Å². The molecule has 2 nitrogen and oxygen atoms in total. The summed E-state index contributed by atoms with van der Waals surface area (Å²) in [6.07, 6.45) is 0.759. The normalized spacial score (nSPS) is 10.3. The monoisotopic (exact) mass is 311 g/mol. The lowest BCUT2D eigenvalue weighted by molar-refractivity contribution is -0.116. The maximum absolute atomic E-state index is 13.0. The van der Waals surface area contributed by atoms with Crippen molar-refractivity contribution in [3.05, 3.63) is 63.9 Å². The molecule has 0 aromatic heterocycles. The average molecular weight is 312 g/mol. The summed E-state index contributed by atoms with van der Waals surface area (Å²) in [7, 11) is 0. The molecule has 104 valence electrons. The minimum atomic E-state index is -0.386. The van der Waals surface area contributed by atoms with Crippen molar-refractivity contribution in [1.82, 2.24) is 0 Å². The van der Waals surface area contributed by atoms with Crippen LogP contribution in [0, 0.1) is 5.82 Å². The third kappa shape index (κ3) is 4.22. The molecule has 1 amide bonds. The van der Waals surface area contributed by atoms with E-state index in [4.69, 9.17) is 23.2 Å². The molecule has 2 aromatic carbocycles. The number of amides is 1. The molecule has 0 fully saturated rings. The number of hydrogen-bond donors (Lipinski definition) is 1. The first kappa shape index (κ1) is 14.8.